The quantitative estimate of drug-likeness (QED) is 0.0851. The van der Waals surface area contributed by atoms with Crippen LogP contribution in [-0.4, -0.2) is 6.04 Å². The van der Waals surface area contributed by atoms with Gasteiger partial charge >= 0.3 is 0 Å². The maximum atomic E-state index is 6.39. The van der Waals surface area contributed by atoms with Crippen molar-refractivity contribution < 1.29 is 0 Å². The van der Waals surface area contributed by atoms with E-state index in [-0.39, 0.29) is 0 Å². The van der Waals surface area contributed by atoms with Gasteiger partial charge < -0.3 is 5.73 Å². The maximum Gasteiger partial charge on any atom is 0.00388 e. The van der Waals surface area contributed by atoms with E-state index in [0.29, 0.717) is 6.04 Å². The Hall–Kier alpha value is -0.0400. The van der Waals surface area contributed by atoms with E-state index in [9.17, 15) is 0 Å². The fourth-order valence-electron chi connectivity index (χ4n) is 5.95. The molecule has 0 aromatic carbocycles. The van der Waals surface area contributed by atoms with E-state index < -0.39 is 0 Å². The van der Waals surface area contributed by atoms with Gasteiger partial charge in [0.15, 0.2) is 0 Å². The molecule has 0 amide bonds. The zero-order valence-electron chi connectivity index (χ0n) is 27.5. The van der Waals surface area contributed by atoms with Gasteiger partial charge in [0.1, 0.15) is 0 Å². The highest BCUT2D eigenvalue weighted by Crippen LogP contribution is 2.17. The highest BCUT2D eigenvalue weighted by molar-refractivity contribution is 4.62. The molecule has 1 nitrogen and oxygen atoms in total. The van der Waals surface area contributed by atoms with Crippen molar-refractivity contribution in [2.45, 2.75) is 226 Å². The average Bonchev–Trinajstić information content (AvgIpc) is 2.88. The van der Waals surface area contributed by atoms with Crippen LogP contribution >= 0.6 is 0 Å². The van der Waals surface area contributed by atoms with Gasteiger partial charge in [0.05, 0.1) is 0 Å². The molecule has 0 radical (unpaired) electrons. The number of hydrogen-bond acceptors (Lipinski definition) is 1. The summed E-state index contributed by atoms with van der Waals surface area (Å²) in [6, 6.07) is 0.464. The second-order valence-electron chi connectivity index (χ2n) is 13.9. The molecule has 0 aliphatic carbocycles. The highest BCUT2D eigenvalue weighted by Gasteiger charge is 2.03. The van der Waals surface area contributed by atoms with Gasteiger partial charge in [-0.05, 0) is 24.7 Å². The third kappa shape index (κ3) is 34.0. The number of rotatable bonds is 32. The molecular formula is C37H77N. The first-order valence-electron chi connectivity index (χ1n) is 18.3. The van der Waals surface area contributed by atoms with Crippen molar-refractivity contribution in [2.75, 3.05) is 0 Å². The number of unbranched alkanes of at least 4 members (excludes halogenated alkanes) is 24. The first kappa shape index (κ1) is 38.0. The van der Waals surface area contributed by atoms with Gasteiger partial charge in [0, 0.05) is 6.04 Å². The Labute approximate surface area is 243 Å². The van der Waals surface area contributed by atoms with E-state index in [0.717, 1.165) is 11.8 Å². The second kappa shape index (κ2) is 31.5. The summed E-state index contributed by atoms with van der Waals surface area (Å²) in [6.07, 6.45) is 43.0. The number of nitrogens with two attached hydrogens (primary N) is 1. The van der Waals surface area contributed by atoms with E-state index >= 15 is 0 Å². The van der Waals surface area contributed by atoms with E-state index in [1.165, 1.54) is 193 Å². The van der Waals surface area contributed by atoms with Crippen molar-refractivity contribution in [1.82, 2.24) is 0 Å². The third-order valence-corrected chi connectivity index (χ3v) is 8.71. The normalized spacial score (nSPS) is 12.0. The lowest BCUT2D eigenvalue weighted by Crippen LogP contribution is -2.19. The van der Waals surface area contributed by atoms with E-state index in [2.05, 4.69) is 27.7 Å². The van der Waals surface area contributed by atoms with Crippen LogP contribution in [0.1, 0.15) is 220 Å². The Morgan fingerprint density at radius 1 is 0.263 bits per heavy atom. The molecule has 0 aromatic heterocycles. The van der Waals surface area contributed by atoms with Crippen LogP contribution in [0.5, 0.6) is 0 Å². The van der Waals surface area contributed by atoms with Crippen LogP contribution in [0.2, 0.25) is 0 Å². The standard InChI is InChI=1S/C37H77N/c1-35(2)31-27-23-19-15-11-7-5-9-13-17-21-25-29-33-37(38)34-30-26-22-18-14-10-6-8-12-16-20-24-28-32-36(3)4/h35-37H,5-34,38H2,1-4H3. The molecule has 0 saturated carbocycles. The highest BCUT2D eigenvalue weighted by atomic mass is 14.6. The van der Waals surface area contributed by atoms with Gasteiger partial charge in [0.2, 0.25) is 0 Å². The van der Waals surface area contributed by atoms with E-state index in [1.807, 2.05) is 0 Å². The minimum Gasteiger partial charge on any atom is -0.328 e. The van der Waals surface area contributed by atoms with Crippen molar-refractivity contribution in [3.8, 4) is 0 Å². The van der Waals surface area contributed by atoms with Crippen LogP contribution in [0, 0.1) is 11.8 Å². The smallest absolute Gasteiger partial charge is 0.00388 e. The van der Waals surface area contributed by atoms with Gasteiger partial charge in [-0.15, -0.1) is 0 Å². The molecule has 0 saturated heterocycles. The predicted molar refractivity (Wildman–Crippen MR) is 176 cm³/mol. The van der Waals surface area contributed by atoms with Crippen molar-refractivity contribution in [1.29, 1.82) is 0 Å². The SMILES string of the molecule is CC(C)CCCCCCCCCCCCCCCC(N)CCCCCCCCCCCCCCCC(C)C. The summed E-state index contributed by atoms with van der Waals surface area (Å²) >= 11 is 0. The zero-order valence-corrected chi connectivity index (χ0v) is 27.5. The zero-order chi connectivity index (χ0) is 27.9. The molecule has 0 heterocycles. The molecule has 0 unspecified atom stereocenters. The molecule has 0 aliphatic heterocycles. The molecule has 38 heavy (non-hydrogen) atoms. The second-order valence-corrected chi connectivity index (χ2v) is 13.9. The van der Waals surface area contributed by atoms with E-state index in [1.54, 1.807) is 0 Å². The largest absolute Gasteiger partial charge is 0.328 e. The Morgan fingerprint density at radius 2 is 0.421 bits per heavy atom. The van der Waals surface area contributed by atoms with Crippen molar-refractivity contribution in [3.63, 3.8) is 0 Å². The van der Waals surface area contributed by atoms with Crippen LogP contribution in [0.3, 0.4) is 0 Å². The summed E-state index contributed by atoms with van der Waals surface area (Å²) < 4.78 is 0. The summed E-state index contributed by atoms with van der Waals surface area (Å²) in [5, 5.41) is 0. The maximum absolute atomic E-state index is 6.39. The van der Waals surface area contributed by atoms with Gasteiger partial charge in [-0.3, -0.25) is 0 Å². The molecule has 1 heteroatoms. The third-order valence-electron chi connectivity index (χ3n) is 8.71. The number of hydrogen-bond donors (Lipinski definition) is 1. The summed E-state index contributed by atoms with van der Waals surface area (Å²) in [6.45, 7) is 9.38. The lowest BCUT2D eigenvalue weighted by molar-refractivity contribution is 0.476. The summed E-state index contributed by atoms with van der Waals surface area (Å²) in [4.78, 5) is 0. The van der Waals surface area contributed by atoms with Crippen LogP contribution in [0.4, 0.5) is 0 Å². The first-order valence-corrected chi connectivity index (χ1v) is 18.3. The van der Waals surface area contributed by atoms with Gasteiger partial charge in [-0.25, -0.2) is 0 Å². The molecule has 0 spiro atoms. The van der Waals surface area contributed by atoms with E-state index in [4.69, 9.17) is 5.73 Å². The van der Waals surface area contributed by atoms with Crippen molar-refractivity contribution >= 4 is 0 Å². The topological polar surface area (TPSA) is 26.0 Å². The molecule has 2 N–H and O–H groups in total. The molecular weight excluding hydrogens is 458 g/mol. The Bertz CT molecular complexity index is 377. The minimum atomic E-state index is 0.464. The summed E-state index contributed by atoms with van der Waals surface area (Å²) in [5.41, 5.74) is 6.39. The minimum absolute atomic E-state index is 0.464. The molecule has 0 atom stereocenters. The van der Waals surface area contributed by atoms with Crippen LogP contribution < -0.4 is 5.73 Å². The Kier molecular flexibility index (Phi) is 31.5. The monoisotopic (exact) mass is 536 g/mol. The van der Waals surface area contributed by atoms with Gasteiger partial charge in [-0.1, -0.05) is 207 Å². The molecule has 0 fully saturated rings. The Morgan fingerprint density at radius 3 is 0.605 bits per heavy atom. The first-order chi connectivity index (χ1) is 18.5. The summed E-state index contributed by atoms with van der Waals surface area (Å²) in [7, 11) is 0. The van der Waals surface area contributed by atoms with Crippen molar-refractivity contribution in [2.24, 2.45) is 17.6 Å². The summed E-state index contributed by atoms with van der Waals surface area (Å²) in [5.74, 6) is 1.78. The Balaban J connectivity index is 3.15. The molecule has 0 rings (SSSR count). The van der Waals surface area contributed by atoms with Crippen LogP contribution in [-0.2, 0) is 0 Å². The predicted octanol–water partition coefficient (Wildman–Crippen LogP) is 13.3. The molecule has 0 bridgehead atoms. The average molecular weight is 536 g/mol. The molecule has 0 aliphatic rings. The fourth-order valence-corrected chi connectivity index (χ4v) is 5.95. The van der Waals surface area contributed by atoms with Crippen LogP contribution in [0.25, 0.3) is 0 Å². The fraction of sp³-hybridized carbons (Fsp3) is 1.00. The van der Waals surface area contributed by atoms with Gasteiger partial charge in [0.25, 0.3) is 0 Å². The molecule has 0 aromatic rings. The lowest BCUT2D eigenvalue weighted by atomic mass is 10.00. The van der Waals surface area contributed by atoms with Crippen molar-refractivity contribution in [3.05, 3.63) is 0 Å². The molecule has 230 valence electrons. The van der Waals surface area contributed by atoms with Gasteiger partial charge in [-0.2, -0.15) is 0 Å². The lowest BCUT2D eigenvalue weighted by Gasteiger charge is -2.11. The van der Waals surface area contributed by atoms with Crippen LogP contribution in [0.15, 0.2) is 0 Å².